The van der Waals surface area contributed by atoms with Gasteiger partial charge in [0.1, 0.15) is 6.54 Å². The van der Waals surface area contributed by atoms with Gasteiger partial charge in [0.05, 0.1) is 0 Å². The van der Waals surface area contributed by atoms with E-state index in [0.29, 0.717) is 6.04 Å². The molecule has 1 saturated heterocycles. The second-order valence-corrected chi connectivity index (χ2v) is 7.73. The van der Waals surface area contributed by atoms with Gasteiger partial charge in [-0.15, -0.1) is 0 Å². The number of para-hydroxylation sites is 1. The molecule has 1 amide bonds. The number of benzene rings is 1. The lowest BCUT2D eigenvalue weighted by atomic mass is 10.0. The van der Waals surface area contributed by atoms with Crippen LogP contribution in [0.4, 0.5) is 5.69 Å². The van der Waals surface area contributed by atoms with Gasteiger partial charge < -0.3 is 20.4 Å². The molecule has 0 aromatic heterocycles. The third-order valence-electron chi connectivity index (χ3n) is 5.60. The van der Waals surface area contributed by atoms with Gasteiger partial charge in [-0.05, 0) is 57.2 Å². The maximum atomic E-state index is 12.8. The molecule has 154 valence electrons. The van der Waals surface area contributed by atoms with Gasteiger partial charge in [-0.3, -0.25) is 4.79 Å². The number of aryl methyl sites for hydroxylation is 1. The van der Waals surface area contributed by atoms with Crippen LogP contribution in [0.3, 0.4) is 0 Å². The van der Waals surface area contributed by atoms with Crippen LogP contribution >= 0.6 is 0 Å². The van der Waals surface area contributed by atoms with Crippen molar-refractivity contribution in [2.75, 3.05) is 44.2 Å². The molecule has 1 aromatic rings. The molecule has 0 radical (unpaired) electrons. The average Bonchev–Trinajstić information content (AvgIpc) is 2.73. The minimum atomic E-state index is 0.0714. The van der Waals surface area contributed by atoms with E-state index in [1.54, 1.807) is 0 Å². The lowest BCUT2D eigenvalue weighted by Crippen LogP contribution is -2.49. The van der Waals surface area contributed by atoms with Crippen molar-refractivity contribution in [1.82, 2.24) is 15.5 Å². The molecule has 0 spiro atoms. The maximum Gasteiger partial charge on any atom is 0.248 e. The maximum absolute atomic E-state index is 12.8. The number of hydrogen-bond acceptors (Lipinski definition) is 3. The monoisotopic (exact) mass is 385 g/mol. The van der Waals surface area contributed by atoms with Crippen molar-refractivity contribution < 1.29 is 4.79 Å². The highest BCUT2D eigenvalue weighted by Crippen LogP contribution is 2.26. The number of fused-ring (bicyclic) bond motifs is 1. The second kappa shape index (κ2) is 10.5. The molecule has 6 heteroatoms. The SMILES string of the molecule is CCCN1CCC(NC(=NCC(=O)N2CCCc3ccccc32)NCC)CC1. The number of carbonyl (C=O) groups is 1. The number of amides is 1. The number of hydrogen-bond donors (Lipinski definition) is 2. The van der Waals surface area contributed by atoms with E-state index in [4.69, 9.17) is 0 Å². The Kier molecular flexibility index (Phi) is 7.71. The summed E-state index contributed by atoms with van der Waals surface area (Å²) in [6.07, 6.45) is 5.52. The predicted octanol–water partition coefficient (Wildman–Crippen LogP) is 2.40. The van der Waals surface area contributed by atoms with Crippen molar-refractivity contribution in [3.8, 4) is 0 Å². The summed E-state index contributed by atoms with van der Waals surface area (Å²) in [6.45, 7) is 9.50. The summed E-state index contributed by atoms with van der Waals surface area (Å²) in [7, 11) is 0. The first-order valence-corrected chi connectivity index (χ1v) is 10.9. The van der Waals surface area contributed by atoms with Gasteiger partial charge in [-0.1, -0.05) is 25.1 Å². The highest BCUT2D eigenvalue weighted by molar-refractivity contribution is 5.97. The number of carbonyl (C=O) groups excluding carboxylic acids is 1. The molecule has 0 unspecified atom stereocenters. The topological polar surface area (TPSA) is 60.0 Å². The zero-order valence-electron chi connectivity index (χ0n) is 17.4. The van der Waals surface area contributed by atoms with Gasteiger partial charge in [0.25, 0.3) is 0 Å². The first kappa shape index (κ1) is 20.6. The van der Waals surface area contributed by atoms with Crippen molar-refractivity contribution in [3.05, 3.63) is 29.8 Å². The second-order valence-electron chi connectivity index (χ2n) is 7.73. The molecule has 1 fully saturated rings. The molecule has 0 saturated carbocycles. The third kappa shape index (κ3) is 5.47. The van der Waals surface area contributed by atoms with Crippen LogP contribution < -0.4 is 15.5 Å². The van der Waals surface area contributed by atoms with E-state index in [1.807, 2.05) is 23.1 Å². The Morgan fingerprint density at radius 1 is 1.18 bits per heavy atom. The quantitative estimate of drug-likeness (QED) is 0.583. The fraction of sp³-hybridized carbons (Fsp3) is 0.636. The van der Waals surface area contributed by atoms with Gasteiger partial charge in [0.15, 0.2) is 5.96 Å². The van der Waals surface area contributed by atoms with Crippen LogP contribution in [0.1, 0.15) is 45.1 Å². The van der Waals surface area contributed by atoms with E-state index in [2.05, 4.69) is 40.4 Å². The van der Waals surface area contributed by atoms with Crippen molar-refractivity contribution in [2.24, 2.45) is 4.99 Å². The van der Waals surface area contributed by atoms with E-state index >= 15 is 0 Å². The lowest BCUT2D eigenvalue weighted by Gasteiger charge is -2.33. The normalized spacial score (nSPS) is 18.6. The largest absolute Gasteiger partial charge is 0.357 e. The minimum Gasteiger partial charge on any atom is -0.357 e. The zero-order chi connectivity index (χ0) is 19.8. The number of aliphatic imine (C=N–C) groups is 1. The Labute approximate surface area is 169 Å². The van der Waals surface area contributed by atoms with Crippen LogP contribution in [-0.2, 0) is 11.2 Å². The van der Waals surface area contributed by atoms with Crippen molar-refractivity contribution in [1.29, 1.82) is 0 Å². The standard InChI is InChI=1S/C22H35N5O/c1-3-13-26-15-11-19(12-16-26)25-22(23-4-2)24-17-21(28)27-14-7-9-18-8-5-6-10-20(18)27/h5-6,8,10,19H,3-4,7,9,11-17H2,1-2H3,(H2,23,24,25). The Morgan fingerprint density at radius 3 is 2.71 bits per heavy atom. The molecule has 0 atom stereocenters. The summed E-state index contributed by atoms with van der Waals surface area (Å²) >= 11 is 0. The number of nitrogens with one attached hydrogen (secondary N) is 2. The number of likely N-dealkylation sites (tertiary alicyclic amines) is 1. The molecule has 2 N–H and O–H groups in total. The fourth-order valence-electron chi connectivity index (χ4n) is 4.16. The molecule has 1 aromatic carbocycles. The average molecular weight is 386 g/mol. The van der Waals surface area contributed by atoms with Crippen LogP contribution in [0.15, 0.2) is 29.3 Å². The van der Waals surface area contributed by atoms with Crippen molar-refractivity contribution in [3.63, 3.8) is 0 Å². The highest BCUT2D eigenvalue weighted by atomic mass is 16.2. The van der Waals surface area contributed by atoms with Gasteiger partial charge >= 0.3 is 0 Å². The van der Waals surface area contributed by atoms with E-state index < -0.39 is 0 Å². The summed E-state index contributed by atoms with van der Waals surface area (Å²) < 4.78 is 0. The summed E-state index contributed by atoms with van der Waals surface area (Å²) in [5.74, 6) is 0.831. The predicted molar refractivity (Wildman–Crippen MR) is 116 cm³/mol. The van der Waals surface area contributed by atoms with E-state index in [-0.39, 0.29) is 12.5 Å². The summed E-state index contributed by atoms with van der Waals surface area (Å²) in [6, 6.07) is 8.64. The lowest BCUT2D eigenvalue weighted by molar-refractivity contribution is -0.117. The molecule has 2 aliphatic rings. The highest BCUT2D eigenvalue weighted by Gasteiger charge is 2.22. The first-order chi connectivity index (χ1) is 13.7. The van der Waals surface area contributed by atoms with Crippen molar-refractivity contribution in [2.45, 2.75) is 52.0 Å². The Hall–Kier alpha value is -2.08. The Balaban J connectivity index is 1.57. The van der Waals surface area contributed by atoms with E-state index in [9.17, 15) is 4.79 Å². The number of anilines is 1. The summed E-state index contributed by atoms with van der Waals surface area (Å²) in [5.41, 5.74) is 2.31. The number of piperidine rings is 1. The van der Waals surface area contributed by atoms with Crippen LogP contribution in [0, 0.1) is 0 Å². The Bertz CT molecular complexity index is 667. The molecular weight excluding hydrogens is 350 g/mol. The number of nitrogens with zero attached hydrogens (tertiary/aromatic N) is 3. The van der Waals surface area contributed by atoms with Gasteiger partial charge in [-0.25, -0.2) is 4.99 Å². The van der Waals surface area contributed by atoms with E-state index in [1.165, 1.54) is 18.5 Å². The molecule has 2 aliphatic heterocycles. The van der Waals surface area contributed by atoms with Crippen LogP contribution in [-0.4, -0.2) is 62.1 Å². The molecule has 0 aliphatic carbocycles. The minimum absolute atomic E-state index is 0.0714. The van der Waals surface area contributed by atoms with Crippen LogP contribution in [0.25, 0.3) is 0 Å². The third-order valence-corrected chi connectivity index (χ3v) is 5.60. The summed E-state index contributed by atoms with van der Waals surface area (Å²) in [5, 5.41) is 6.84. The zero-order valence-corrected chi connectivity index (χ0v) is 17.4. The smallest absolute Gasteiger partial charge is 0.248 e. The van der Waals surface area contributed by atoms with Crippen LogP contribution in [0.5, 0.6) is 0 Å². The van der Waals surface area contributed by atoms with Gasteiger partial charge in [-0.2, -0.15) is 0 Å². The molecular formula is C22H35N5O. The van der Waals surface area contributed by atoms with Crippen molar-refractivity contribution >= 4 is 17.6 Å². The molecule has 28 heavy (non-hydrogen) atoms. The van der Waals surface area contributed by atoms with E-state index in [0.717, 1.165) is 63.5 Å². The fourth-order valence-corrected chi connectivity index (χ4v) is 4.16. The molecule has 3 rings (SSSR count). The molecule has 2 heterocycles. The number of rotatable bonds is 6. The van der Waals surface area contributed by atoms with Gasteiger partial charge in [0, 0.05) is 37.9 Å². The van der Waals surface area contributed by atoms with Crippen LogP contribution in [0.2, 0.25) is 0 Å². The molecule has 0 bridgehead atoms. The first-order valence-electron chi connectivity index (χ1n) is 10.9. The number of guanidine groups is 1. The Morgan fingerprint density at radius 2 is 1.96 bits per heavy atom. The molecule has 6 nitrogen and oxygen atoms in total. The summed E-state index contributed by atoms with van der Waals surface area (Å²) in [4.78, 5) is 21.9. The van der Waals surface area contributed by atoms with Gasteiger partial charge in [0.2, 0.25) is 5.91 Å².